The maximum absolute atomic E-state index is 11.3. The van der Waals surface area contributed by atoms with Gasteiger partial charge in [0.2, 0.25) is 0 Å². The van der Waals surface area contributed by atoms with Crippen LogP contribution in [0.15, 0.2) is 48.5 Å². The van der Waals surface area contributed by atoms with Gasteiger partial charge in [0.25, 0.3) is 5.91 Å². The third-order valence-corrected chi connectivity index (χ3v) is 4.76. The maximum atomic E-state index is 11.3. The van der Waals surface area contributed by atoms with Crippen LogP contribution in [0, 0.1) is 0 Å². The molecule has 0 atom stereocenters. The second-order valence-corrected chi connectivity index (χ2v) is 5.97. The number of thiophene rings is 1. The van der Waals surface area contributed by atoms with E-state index in [-0.39, 0.29) is 0 Å². The molecule has 21 heavy (non-hydrogen) atoms. The Morgan fingerprint density at radius 2 is 1.95 bits per heavy atom. The molecule has 0 bridgehead atoms. The lowest BCUT2D eigenvalue weighted by molar-refractivity contribution is 0.100. The molecule has 1 heterocycles. The molecule has 2 N–H and O–H groups in total. The first-order valence-corrected chi connectivity index (χ1v) is 7.53. The molecule has 3 aromatic rings. The Morgan fingerprint density at radius 3 is 2.67 bits per heavy atom. The number of carbonyl (C=O) groups excluding carboxylic acids is 1. The van der Waals surface area contributed by atoms with Gasteiger partial charge in [-0.1, -0.05) is 41.9 Å². The Labute approximate surface area is 130 Å². The molecule has 0 unspecified atom stereocenters. The third kappa shape index (κ3) is 2.86. The first-order chi connectivity index (χ1) is 10.1. The van der Waals surface area contributed by atoms with E-state index in [2.05, 4.69) is 0 Å². The number of rotatable bonds is 4. The van der Waals surface area contributed by atoms with Crippen LogP contribution in [0.3, 0.4) is 0 Å². The van der Waals surface area contributed by atoms with E-state index < -0.39 is 5.91 Å². The van der Waals surface area contributed by atoms with E-state index in [1.807, 2.05) is 48.5 Å². The van der Waals surface area contributed by atoms with Crippen molar-refractivity contribution in [3.8, 4) is 5.75 Å². The first-order valence-electron chi connectivity index (χ1n) is 6.34. The predicted octanol–water partition coefficient (Wildman–Crippen LogP) is 4.23. The van der Waals surface area contributed by atoms with Crippen LogP contribution >= 0.6 is 22.9 Å². The van der Waals surface area contributed by atoms with Crippen LogP contribution in [0.5, 0.6) is 5.75 Å². The molecule has 0 aliphatic heterocycles. The van der Waals surface area contributed by atoms with Gasteiger partial charge in [-0.2, -0.15) is 0 Å². The molecule has 1 amide bonds. The number of primary amides is 1. The van der Waals surface area contributed by atoms with Gasteiger partial charge in [-0.05, 0) is 23.8 Å². The fourth-order valence-corrected chi connectivity index (χ4v) is 3.38. The van der Waals surface area contributed by atoms with E-state index >= 15 is 0 Å². The number of ether oxygens (including phenoxy) is 1. The highest BCUT2D eigenvalue weighted by Crippen LogP contribution is 2.37. The second kappa shape index (κ2) is 5.76. The summed E-state index contributed by atoms with van der Waals surface area (Å²) in [6.45, 7) is 0.483. The molecule has 0 saturated carbocycles. The lowest BCUT2D eigenvalue weighted by atomic mass is 10.2. The highest BCUT2D eigenvalue weighted by atomic mass is 35.5. The summed E-state index contributed by atoms with van der Waals surface area (Å²) in [5.74, 6) is 0.204. The van der Waals surface area contributed by atoms with E-state index in [9.17, 15) is 4.79 Å². The number of fused-ring (bicyclic) bond motifs is 1. The monoisotopic (exact) mass is 317 g/mol. The number of hydrogen-bond acceptors (Lipinski definition) is 3. The highest BCUT2D eigenvalue weighted by Gasteiger charge is 2.15. The maximum Gasteiger partial charge on any atom is 0.260 e. The number of hydrogen-bond donors (Lipinski definition) is 1. The van der Waals surface area contributed by atoms with Crippen LogP contribution < -0.4 is 10.5 Å². The smallest absolute Gasteiger partial charge is 0.260 e. The van der Waals surface area contributed by atoms with Crippen molar-refractivity contribution in [3.05, 3.63) is 64.0 Å². The van der Waals surface area contributed by atoms with E-state index in [1.54, 1.807) is 0 Å². The van der Waals surface area contributed by atoms with E-state index in [0.29, 0.717) is 22.3 Å². The molecular formula is C16H12ClNO2S. The molecule has 0 aliphatic carbocycles. The summed E-state index contributed by atoms with van der Waals surface area (Å²) in [5, 5.41) is 1.19. The van der Waals surface area contributed by atoms with Crippen molar-refractivity contribution in [2.75, 3.05) is 0 Å². The Kier molecular flexibility index (Phi) is 3.82. The van der Waals surface area contributed by atoms with Crippen LogP contribution in [0.25, 0.3) is 10.1 Å². The minimum Gasteiger partial charge on any atom is -0.489 e. The minimum atomic E-state index is -0.507. The van der Waals surface area contributed by atoms with Crippen molar-refractivity contribution >= 4 is 38.9 Å². The summed E-state index contributed by atoms with van der Waals surface area (Å²) >= 11 is 7.49. The van der Waals surface area contributed by atoms with Gasteiger partial charge in [-0.15, -0.1) is 11.3 Å². The summed E-state index contributed by atoms with van der Waals surface area (Å²) in [6, 6.07) is 15.5. The molecule has 0 radical (unpaired) electrons. The van der Waals surface area contributed by atoms with Crippen LogP contribution in [0.1, 0.15) is 15.2 Å². The minimum absolute atomic E-state index is 0.381. The number of carbonyl (C=O) groups is 1. The van der Waals surface area contributed by atoms with E-state index in [1.165, 1.54) is 11.3 Å². The fourth-order valence-electron chi connectivity index (χ4n) is 2.04. The molecule has 0 fully saturated rings. The predicted molar refractivity (Wildman–Crippen MR) is 86.1 cm³/mol. The third-order valence-electron chi connectivity index (χ3n) is 3.07. The Balaban J connectivity index is 1.87. The van der Waals surface area contributed by atoms with Crippen molar-refractivity contribution < 1.29 is 9.53 Å². The van der Waals surface area contributed by atoms with Gasteiger partial charge in [0, 0.05) is 10.1 Å². The van der Waals surface area contributed by atoms with Crippen molar-refractivity contribution in [2.24, 2.45) is 5.73 Å². The van der Waals surface area contributed by atoms with Crippen LogP contribution in [0.4, 0.5) is 0 Å². The standard InChI is InChI=1S/C16H12ClNO2S/c17-14-12-8-11(20-9-10-4-2-1-3-5-10)6-7-13(12)21-15(14)16(18)19/h1-8H,9H2,(H2,18,19). The molecular weight excluding hydrogens is 306 g/mol. The molecule has 3 nitrogen and oxygen atoms in total. The Morgan fingerprint density at radius 1 is 1.19 bits per heavy atom. The number of nitrogens with two attached hydrogens (primary N) is 1. The van der Waals surface area contributed by atoms with Crippen molar-refractivity contribution in [2.45, 2.75) is 6.61 Å². The van der Waals surface area contributed by atoms with Crippen LogP contribution in [-0.4, -0.2) is 5.91 Å². The van der Waals surface area contributed by atoms with Gasteiger partial charge in [0.05, 0.1) is 5.02 Å². The largest absolute Gasteiger partial charge is 0.489 e. The van der Waals surface area contributed by atoms with Gasteiger partial charge in [0.1, 0.15) is 17.2 Å². The average molecular weight is 318 g/mol. The molecule has 2 aromatic carbocycles. The zero-order chi connectivity index (χ0) is 14.8. The van der Waals surface area contributed by atoms with Gasteiger partial charge in [0.15, 0.2) is 0 Å². The molecule has 106 valence electrons. The van der Waals surface area contributed by atoms with E-state index in [0.717, 1.165) is 15.6 Å². The summed E-state index contributed by atoms with van der Waals surface area (Å²) < 4.78 is 6.67. The fraction of sp³-hybridized carbons (Fsp3) is 0.0625. The normalized spacial score (nSPS) is 10.7. The molecule has 0 spiro atoms. The van der Waals surface area contributed by atoms with Gasteiger partial charge < -0.3 is 10.5 Å². The zero-order valence-electron chi connectivity index (χ0n) is 11.0. The highest BCUT2D eigenvalue weighted by molar-refractivity contribution is 7.21. The summed E-state index contributed by atoms with van der Waals surface area (Å²) in [6.07, 6.45) is 0. The first kappa shape index (κ1) is 13.9. The molecule has 5 heteroatoms. The summed E-state index contributed by atoms with van der Waals surface area (Å²) in [7, 11) is 0. The molecule has 1 aromatic heterocycles. The van der Waals surface area contributed by atoms with E-state index in [4.69, 9.17) is 22.1 Å². The quantitative estimate of drug-likeness (QED) is 0.782. The van der Waals surface area contributed by atoms with Crippen molar-refractivity contribution in [1.29, 1.82) is 0 Å². The number of halogens is 1. The topological polar surface area (TPSA) is 52.3 Å². The second-order valence-electron chi connectivity index (χ2n) is 4.54. The van der Waals surface area contributed by atoms with Gasteiger partial charge >= 0.3 is 0 Å². The SMILES string of the molecule is NC(=O)c1sc2ccc(OCc3ccccc3)cc2c1Cl. The van der Waals surface area contributed by atoms with Gasteiger partial charge in [-0.3, -0.25) is 4.79 Å². The van der Waals surface area contributed by atoms with Crippen molar-refractivity contribution in [1.82, 2.24) is 0 Å². The number of amides is 1. The average Bonchev–Trinajstić information content (AvgIpc) is 2.83. The summed E-state index contributed by atoms with van der Waals surface area (Å²) in [4.78, 5) is 11.7. The van der Waals surface area contributed by atoms with Crippen LogP contribution in [-0.2, 0) is 6.61 Å². The summed E-state index contributed by atoms with van der Waals surface area (Å²) in [5.41, 5.74) is 6.40. The molecule has 0 aliphatic rings. The lowest BCUT2D eigenvalue weighted by Crippen LogP contribution is -2.08. The molecule has 3 rings (SSSR count). The molecule has 0 saturated heterocycles. The number of benzene rings is 2. The Bertz CT molecular complexity index is 799. The zero-order valence-corrected chi connectivity index (χ0v) is 12.6. The lowest BCUT2D eigenvalue weighted by Gasteiger charge is -2.06. The van der Waals surface area contributed by atoms with Crippen molar-refractivity contribution in [3.63, 3.8) is 0 Å². The Hall–Kier alpha value is -2.04. The van der Waals surface area contributed by atoms with Gasteiger partial charge in [-0.25, -0.2) is 0 Å². The van der Waals surface area contributed by atoms with Crippen LogP contribution in [0.2, 0.25) is 5.02 Å².